The average molecular weight is 764 g/mol. The lowest BCUT2D eigenvalue weighted by Crippen LogP contribution is -2.65. The maximum Gasteiger partial charge on any atom is 0.220 e. The summed E-state index contributed by atoms with van der Waals surface area (Å²) in [5.74, 6) is -0.294. The third-order valence-electron chi connectivity index (χ3n) is 10.2. The highest BCUT2D eigenvalue weighted by Crippen LogP contribution is 2.29. The lowest BCUT2D eigenvalue weighted by Gasteiger charge is -2.46. The minimum absolute atomic E-state index is 0.233. The Labute approximate surface area is 316 Å². The maximum absolute atomic E-state index is 12.5. The van der Waals surface area contributed by atoms with Crippen LogP contribution in [0.1, 0.15) is 136 Å². The van der Waals surface area contributed by atoms with Crippen molar-refractivity contribution < 1.29 is 64.6 Å². The molecule has 1 amide bonds. The average Bonchev–Trinajstić information content (AvgIpc) is 3.15. The number of aliphatic hydroxyl groups excluding tert-OH is 8. The van der Waals surface area contributed by atoms with Crippen LogP contribution in [0.3, 0.4) is 0 Å². The number of carbonyl (C=O) groups excluding carboxylic acids is 1. The Balaban J connectivity index is 1.76. The molecule has 0 aromatic heterocycles. The Morgan fingerprint density at radius 1 is 0.660 bits per heavy atom. The zero-order valence-electron chi connectivity index (χ0n) is 32.3. The van der Waals surface area contributed by atoms with Crippen LogP contribution in [0.25, 0.3) is 0 Å². The number of ether oxygens (including phenoxy) is 4. The molecule has 2 fully saturated rings. The minimum Gasteiger partial charge on any atom is -0.394 e. The van der Waals surface area contributed by atoms with Crippen LogP contribution in [-0.4, -0.2) is 140 Å². The van der Waals surface area contributed by atoms with E-state index in [1.54, 1.807) is 6.08 Å². The Hall–Kier alpha value is -1.27. The SMILES string of the molecule is CCCCCCCCCCCCCCCCCC/C=C/C(O)C(COC1OC(CO)C(OC2OC(CO)C(O)C(O)C2O)C(O)C1O)NC(=O)CCC. The van der Waals surface area contributed by atoms with E-state index in [0.29, 0.717) is 6.42 Å². The van der Waals surface area contributed by atoms with Gasteiger partial charge in [-0.2, -0.15) is 0 Å². The number of hydrogen-bond donors (Lipinski definition) is 9. The molecule has 0 spiro atoms. The molecule has 2 rings (SSSR count). The van der Waals surface area contributed by atoms with Gasteiger partial charge in [0.1, 0.15) is 48.8 Å². The second-order valence-electron chi connectivity index (χ2n) is 14.8. The second-order valence-corrected chi connectivity index (χ2v) is 14.8. The summed E-state index contributed by atoms with van der Waals surface area (Å²) in [6.07, 6.45) is 8.83. The fraction of sp³-hybridized carbons (Fsp3) is 0.923. The second kappa shape index (κ2) is 28.2. The molecule has 2 aliphatic heterocycles. The van der Waals surface area contributed by atoms with Gasteiger partial charge in [-0.15, -0.1) is 0 Å². The van der Waals surface area contributed by atoms with Gasteiger partial charge < -0.3 is 65.1 Å². The first kappa shape index (κ1) is 47.9. The molecular formula is C39H73NO13. The van der Waals surface area contributed by atoms with Gasteiger partial charge in [0.2, 0.25) is 5.91 Å². The first-order valence-electron chi connectivity index (χ1n) is 20.4. The van der Waals surface area contributed by atoms with E-state index in [4.69, 9.17) is 18.9 Å². The first-order valence-corrected chi connectivity index (χ1v) is 20.4. The molecule has 12 unspecified atom stereocenters. The van der Waals surface area contributed by atoms with Crippen molar-refractivity contribution in [2.45, 2.75) is 209 Å². The topological polar surface area (TPSA) is 228 Å². The molecule has 12 atom stereocenters. The van der Waals surface area contributed by atoms with Crippen molar-refractivity contribution in [3.63, 3.8) is 0 Å². The van der Waals surface area contributed by atoms with Crippen molar-refractivity contribution in [3.8, 4) is 0 Å². The van der Waals surface area contributed by atoms with E-state index in [1.807, 2.05) is 13.0 Å². The van der Waals surface area contributed by atoms with Crippen LogP contribution >= 0.6 is 0 Å². The van der Waals surface area contributed by atoms with E-state index >= 15 is 0 Å². The fourth-order valence-corrected chi connectivity index (χ4v) is 6.80. The van der Waals surface area contributed by atoms with Gasteiger partial charge in [0.25, 0.3) is 0 Å². The zero-order chi connectivity index (χ0) is 39.0. The van der Waals surface area contributed by atoms with E-state index in [2.05, 4.69) is 12.2 Å². The molecule has 2 saturated heterocycles. The van der Waals surface area contributed by atoms with Gasteiger partial charge in [-0.1, -0.05) is 122 Å². The number of aliphatic hydroxyl groups is 8. The minimum atomic E-state index is -1.78. The zero-order valence-corrected chi connectivity index (χ0v) is 32.3. The van der Waals surface area contributed by atoms with Crippen molar-refractivity contribution in [1.29, 1.82) is 0 Å². The van der Waals surface area contributed by atoms with Gasteiger partial charge in [-0.25, -0.2) is 0 Å². The van der Waals surface area contributed by atoms with Crippen molar-refractivity contribution >= 4 is 5.91 Å². The van der Waals surface area contributed by atoms with Gasteiger partial charge in [0.05, 0.1) is 32.0 Å². The van der Waals surface area contributed by atoms with Crippen molar-refractivity contribution in [2.75, 3.05) is 19.8 Å². The monoisotopic (exact) mass is 764 g/mol. The van der Waals surface area contributed by atoms with E-state index < -0.39 is 86.8 Å². The highest BCUT2D eigenvalue weighted by molar-refractivity contribution is 5.76. The molecule has 14 nitrogen and oxygen atoms in total. The summed E-state index contributed by atoms with van der Waals surface area (Å²) < 4.78 is 22.3. The van der Waals surface area contributed by atoms with Gasteiger partial charge in [0, 0.05) is 6.42 Å². The number of amides is 1. The van der Waals surface area contributed by atoms with Gasteiger partial charge in [-0.3, -0.25) is 4.79 Å². The number of carbonyl (C=O) groups is 1. The summed E-state index contributed by atoms with van der Waals surface area (Å²) in [5, 5.41) is 85.4. The molecular weight excluding hydrogens is 690 g/mol. The highest BCUT2D eigenvalue weighted by atomic mass is 16.7. The van der Waals surface area contributed by atoms with Crippen molar-refractivity contribution in [3.05, 3.63) is 12.2 Å². The van der Waals surface area contributed by atoms with Crippen LogP contribution in [0.2, 0.25) is 0 Å². The molecule has 0 aromatic rings. The summed E-state index contributed by atoms with van der Waals surface area (Å²) in [6.45, 7) is 2.39. The number of unbranched alkanes of at least 4 members (excludes halogenated alkanes) is 16. The summed E-state index contributed by atoms with van der Waals surface area (Å²) >= 11 is 0. The molecule has 14 heteroatoms. The molecule has 2 aliphatic rings. The lowest BCUT2D eigenvalue weighted by atomic mass is 9.97. The van der Waals surface area contributed by atoms with Crippen LogP contribution < -0.4 is 5.32 Å². The van der Waals surface area contributed by atoms with E-state index in [-0.39, 0.29) is 18.9 Å². The lowest BCUT2D eigenvalue weighted by molar-refractivity contribution is -0.359. The highest BCUT2D eigenvalue weighted by Gasteiger charge is 2.50. The van der Waals surface area contributed by atoms with Gasteiger partial charge in [0.15, 0.2) is 12.6 Å². The predicted octanol–water partition coefficient (Wildman–Crippen LogP) is 2.48. The van der Waals surface area contributed by atoms with Crippen LogP contribution in [-0.2, 0) is 23.7 Å². The number of rotatable bonds is 29. The molecule has 0 aromatic carbocycles. The fourth-order valence-electron chi connectivity index (χ4n) is 6.80. The third-order valence-corrected chi connectivity index (χ3v) is 10.2. The normalized spacial score (nSPS) is 30.5. The van der Waals surface area contributed by atoms with Crippen LogP contribution in [0.4, 0.5) is 0 Å². The van der Waals surface area contributed by atoms with Crippen LogP contribution in [0.5, 0.6) is 0 Å². The summed E-state index contributed by atoms with van der Waals surface area (Å²) in [5.41, 5.74) is 0. The standard InChI is InChI=1S/C39H73NO13/c1-3-5-6-7-8-9-10-11-12-13-14-15-16-17-18-19-20-21-23-28(43)27(40-31(44)22-4-2)26-50-38-36(49)34(47)37(30(25-42)52-38)53-39-35(48)33(46)32(45)29(24-41)51-39/h21,23,27-30,32-39,41-43,45-49H,3-20,22,24-26H2,1-2H3,(H,40,44)/b23-21+. The Bertz CT molecular complexity index is 956. The van der Waals surface area contributed by atoms with E-state index in [1.165, 1.54) is 89.9 Å². The Morgan fingerprint density at radius 2 is 1.17 bits per heavy atom. The molecule has 0 aliphatic carbocycles. The van der Waals surface area contributed by atoms with Crippen molar-refractivity contribution in [2.24, 2.45) is 0 Å². The van der Waals surface area contributed by atoms with E-state index in [9.17, 15) is 45.6 Å². The largest absolute Gasteiger partial charge is 0.394 e. The molecule has 0 saturated carbocycles. The number of nitrogens with one attached hydrogen (secondary N) is 1. The van der Waals surface area contributed by atoms with Crippen LogP contribution in [0, 0.1) is 0 Å². The first-order chi connectivity index (χ1) is 25.6. The maximum atomic E-state index is 12.5. The molecule has 53 heavy (non-hydrogen) atoms. The smallest absolute Gasteiger partial charge is 0.220 e. The third kappa shape index (κ3) is 17.6. The van der Waals surface area contributed by atoms with Crippen LogP contribution in [0.15, 0.2) is 12.2 Å². The Kier molecular flexibility index (Phi) is 25.5. The Morgan fingerprint density at radius 3 is 1.70 bits per heavy atom. The molecule has 0 radical (unpaired) electrons. The van der Waals surface area contributed by atoms with Crippen molar-refractivity contribution in [1.82, 2.24) is 5.32 Å². The van der Waals surface area contributed by atoms with Gasteiger partial charge in [-0.05, 0) is 19.3 Å². The van der Waals surface area contributed by atoms with E-state index in [0.717, 1.165) is 19.3 Å². The number of allylic oxidation sites excluding steroid dienone is 1. The summed E-state index contributed by atoms with van der Waals surface area (Å²) in [6, 6.07) is -0.903. The predicted molar refractivity (Wildman–Crippen MR) is 199 cm³/mol. The quantitative estimate of drug-likeness (QED) is 0.0395. The number of hydrogen-bond acceptors (Lipinski definition) is 13. The summed E-state index contributed by atoms with van der Waals surface area (Å²) in [7, 11) is 0. The summed E-state index contributed by atoms with van der Waals surface area (Å²) in [4.78, 5) is 12.5. The molecule has 312 valence electrons. The molecule has 0 bridgehead atoms. The molecule has 9 N–H and O–H groups in total. The molecule has 2 heterocycles. The van der Waals surface area contributed by atoms with Gasteiger partial charge >= 0.3 is 0 Å².